The van der Waals surface area contributed by atoms with Gasteiger partial charge in [0.15, 0.2) is 11.0 Å². The summed E-state index contributed by atoms with van der Waals surface area (Å²) in [5.74, 6) is 0.901. The normalized spacial score (nSPS) is 11.0. The topological polar surface area (TPSA) is 30.7 Å². The van der Waals surface area contributed by atoms with Crippen molar-refractivity contribution >= 4 is 34.7 Å². The molecule has 3 nitrogen and oxygen atoms in total. The molecule has 0 saturated heterocycles. The smallest absolute Gasteiger partial charge is 0.192 e. The summed E-state index contributed by atoms with van der Waals surface area (Å²) in [6, 6.07) is 6.89. The van der Waals surface area contributed by atoms with E-state index in [1.165, 1.54) is 22.7 Å². The number of nitrogens with zero attached hydrogens (tertiary/aromatic N) is 3. The number of halogens is 2. The van der Waals surface area contributed by atoms with E-state index in [-0.39, 0.29) is 5.82 Å². The quantitative estimate of drug-likeness (QED) is 0.327. The molecule has 0 radical (unpaired) electrons. The Morgan fingerprint density at radius 3 is 2.96 bits per heavy atom. The lowest BCUT2D eigenvalue weighted by Gasteiger charge is -2.08. The standard InChI is InChI=1S/C19H19ClFN3S2/c1-3-6-14-10-13(11-25-14)18-22-23-19(24(18)9-4-2)26-12-15-16(20)7-5-8-17(15)21/h4-5,7-8,10-11H,2-3,6,9,12H2,1H3. The summed E-state index contributed by atoms with van der Waals surface area (Å²) in [4.78, 5) is 1.34. The third-order valence-electron chi connectivity index (χ3n) is 3.84. The molecular formula is C19H19ClFN3S2. The van der Waals surface area contributed by atoms with Gasteiger partial charge in [0, 0.05) is 38.7 Å². The van der Waals surface area contributed by atoms with Crippen LogP contribution in [-0.2, 0) is 18.7 Å². The SMILES string of the molecule is C=CCn1c(SCc2c(F)cccc2Cl)nnc1-c1csc(CCC)c1. The number of aromatic nitrogens is 3. The van der Waals surface area contributed by atoms with Crippen LogP contribution >= 0.6 is 34.7 Å². The van der Waals surface area contributed by atoms with Crippen LogP contribution in [0.4, 0.5) is 4.39 Å². The number of thiophene rings is 1. The predicted octanol–water partition coefficient (Wildman–Crippen LogP) is 6.23. The van der Waals surface area contributed by atoms with E-state index in [1.54, 1.807) is 23.5 Å². The van der Waals surface area contributed by atoms with E-state index in [9.17, 15) is 4.39 Å². The van der Waals surface area contributed by atoms with Crippen LogP contribution in [0, 0.1) is 5.82 Å². The summed E-state index contributed by atoms with van der Waals surface area (Å²) in [5, 5.41) is 11.9. The Morgan fingerprint density at radius 1 is 1.38 bits per heavy atom. The molecule has 2 aromatic heterocycles. The minimum absolute atomic E-state index is 0.304. The lowest BCUT2D eigenvalue weighted by atomic mass is 10.2. The van der Waals surface area contributed by atoms with Gasteiger partial charge >= 0.3 is 0 Å². The molecule has 0 fully saturated rings. The fraction of sp³-hybridized carbons (Fsp3) is 0.263. The highest BCUT2D eigenvalue weighted by molar-refractivity contribution is 7.98. The summed E-state index contributed by atoms with van der Waals surface area (Å²) in [7, 11) is 0. The zero-order valence-corrected chi connectivity index (χ0v) is 16.8. The van der Waals surface area contributed by atoms with Crippen LogP contribution in [0.2, 0.25) is 5.02 Å². The molecule has 0 aliphatic rings. The predicted molar refractivity (Wildman–Crippen MR) is 108 cm³/mol. The number of hydrogen-bond acceptors (Lipinski definition) is 4. The number of thioether (sulfide) groups is 1. The van der Waals surface area contributed by atoms with Gasteiger partial charge < -0.3 is 0 Å². The van der Waals surface area contributed by atoms with Crippen molar-refractivity contribution in [3.05, 3.63) is 63.6 Å². The maximum absolute atomic E-state index is 14.0. The summed E-state index contributed by atoms with van der Waals surface area (Å²) < 4.78 is 16.0. The second kappa shape index (κ2) is 8.84. The highest BCUT2D eigenvalue weighted by Crippen LogP contribution is 2.31. The Labute approximate surface area is 165 Å². The van der Waals surface area contributed by atoms with E-state index < -0.39 is 0 Å². The van der Waals surface area contributed by atoms with E-state index in [0.717, 1.165) is 29.4 Å². The van der Waals surface area contributed by atoms with Crippen molar-refractivity contribution in [3.63, 3.8) is 0 Å². The van der Waals surface area contributed by atoms with Crippen LogP contribution < -0.4 is 0 Å². The molecule has 136 valence electrons. The monoisotopic (exact) mass is 407 g/mol. The zero-order valence-electron chi connectivity index (χ0n) is 14.4. The first-order valence-corrected chi connectivity index (χ1v) is 10.6. The molecule has 1 aromatic carbocycles. The van der Waals surface area contributed by atoms with Gasteiger partial charge in [-0.3, -0.25) is 4.57 Å². The summed E-state index contributed by atoms with van der Waals surface area (Å²) in [6.07, 6.45) is 3.99. The third-order valence-corrected chi connectivity index (χ3v) is 6.19. The number of benzene rings is 1. The fourth-order valence-corrected chi connectivity index (χ4v) is 4.85. The van der Waals surface area contributed by atoms with E-state index in [4.69, 9.17) is 11.6 Å². The molecule has 0 saturated carbocycles. The first-order chi connectivity index (χ1) is 12.6. The minimum atomic E-state index is -0.304. The van der Waals surface area contributed by atoms with Crippen molar-refractivity contribution in [1.29, 1.82) is 0 Å². The highest BCUT2D eigenvalue weighted by atomic mass is 35.5. The number of aryl methyl sites for hydroxylation is 1. The zero-order chi connectivity index (χ0) is 18.5. The molecule has 0 aliphatic carbocycles. The Bertz CT molecular complexity index is 884. The summed E-state index contributed by atoms with van der Waals surface area (Å²) >= 11 is 9.28. The molecule has 0 spiro atoms. The molecule has 0 bridgehead atoms. The third kappa shape index (κ3) is 4.19. The first-order valence-electron chi connectivity index (χ1n) is 8.31. The Hall–Kier alpha value is -1.63. The van der Waals surface area contributed by atoms with E-state index in [2.05, 4.69) is 35.1 Å². The van der Waals surface area contributed by atoms with Gasteiger partial charge in [0.1, 0.15) is 5.82 Å². The van der Waals surface area contributed by atoms with Crippen molar-refractivity contribution in [2.24, 2.45) is 0 Å². The second-order valence-corrected chi connectivity index (χ2v) is 8.09. The van der Waals surface area contributed by atoms with E-state index in [0.29, 0.717) is 22.9 Å². The van der Waals surface area contributed by atoms with Crippen LogP contribution in [0.1, 0.15) is 23.8 Å². The van der Waals surface area contributed by atoms with Crippen molar-refractivity contribution in [2.45, 2.75) is 37.2 Å². The molecule has 0 amide bonds. The van der Waals surface area contributed by atoms with E-state index in [1.807, 2.05) is 10.6 Å². The van der Waals surface area contributed by atoms with Crippen molar-refractivity contribution in [3.8, 4) is 11.4 Å². The van der Waals surface area contributed by atoms with Crippen LogP contribution in [-0.4, -0.2) is 14.8 Å². The lowest BCUT2D eigenvalue weighted by molar-refractivity contribution is 0.617. The molecule has 7 heteroatoms. The van der Waals surface area contributed by atoms with Crippen LogP contribution in [0.25, 0.3) is 11.4 Å². The van der Waals surface area contributed by atoms with Crippen molar-refractivity contribution < 1.29 is 4.39 Å². The van der Waals surface area contributed by atoms with Crippen LogP contribution in [0.15, 0.2) is 47.5 Å². The van der Waals surface area contributed by atoms with Gasteiger partial charge in [-0.25, -0.2) is 4.39 Å². The van der Waals surface area contributed by atoms with E-state index >= 15 is 0 Å². The van der Waals surface area contributed by atoms with Gasteiger partial charge in [-0.05, 0) is 24.6 Å². The Balaban J connectivity index is 1.86. The average Bonchev–Trinajstić information content (AvgIpc) is 3.22. The van der Waals surface area contributed by atoms with Crippen molar-refractivity contribution in [1.82, 2.24) is 14.8 Å². The molecule has 26 heavy (non-hydrogen) atoms. The van der Waals surface area contributed by atoms with Gasteiger partial charge in [0.2, 0.25) is 0 Å². The molecule has 0 unspecified atom stereocenters. The lowest BCUT2D eigenvalue weighted by Crippen LogP contribution is -2.00. The summed E-state index contributed by atoms with van der Waals surface area (Å²) in [5.41, 5.74) is 1.54. The summed E-state index contributed by atoms with van der Waals surface area (Å²) in [6.45, 7) is 6.59. The number of rotatable bonds is 8. The number of hydrogen-bond donors (Lipinski definition) is 0. The maximum atomic E-state index is 14.0. The minimum Gasteiger partial charge on any atom is -0.298 e. The van der Waals surface area contributed by atoms with Crippen LogP contribution in [0.5, 0.6) is 0 Å². The van der Waals surface area contributed by atoms with Gasteiger partial charge in [-0.2, -0.15) is 0 Å². The molecular weight excluding hydrogens is 389 g/mol. The van der Waals surface area contributed by atoms with Gasteiger partial charge in [-0.1, -0.05) is 48.8 Å². The largest absolute Gasteiger partial charge is 0.298 e. The van der Waals surface area contributed by atoms with Gasteiger partial charge in [0.05, 0.1) is 0 Å². The molecule has 0 atom stereocenters. The fourth-order valence-electron chi connectivity index (χ4n) is 2.59. The first kappa shape index (κ1) is 19.1. The second-order valence-electron chi connectivity index (χ2n) is 5.75. The highest BCUT2D eigenvalue weighted by Gasteiger charge is 2.16. The molecule has 0 aliphatic heterocycles. The molecule has 2 heterocycles. The Kier molecular flexibility index (Phi) is 6.51. The van der Waals surface area contributed by atoms with Crippen LogP contribution in [0.3, 0.4) is 0 Å². The van der Waals surface area contributed by atoms with Gasteiger partial charge in [0.25, 0.3) is 0 Å². The molecule has 0 N–H and O–H groups in total. The van der Waals surface area contributed by atoms with Crippen molar-refractivity contribution in [2.75, 3.05) is 0 Å². The van der Waals surface area contributed by atoms with Gasteiger partial charge in [-0.15, -0.1) is 28.1 Å². The Morgan fingerprint density at radius 2 is 2.23 bits per heavy atom. The maximum Gasteiger partial charge on any atom is 0.192 e. The average molecular weight is 408 g/mol. The molecule has 3 aromatic rings. The molecule has 3 rings (SSSR count). The number of allylic oxidation sites excluding steroid dienone is 1.